The van der Waals surface area contributed by atoms with Gasteiger partial charge in [-0.3, -0.25) is 4.90 Å². The molecule has 0 aliphatic rings. The molecule has 1 aromatic rings. The maximum absolute atomic E-state index is 6.39. The van der Waals surface area contributed by atoms with Gasteiger partial charge in [0, 0.05) is 17.5 Å². The molecule has 104 valence electrons. The van der Waals surface area contributed by atoms with Gasteiger partial charge >= 0.3 is 0 Å². The van der Waals surface area contributed by atoms with E-state index in [0.717, 1.165) is 19.5 Å². The zero-order chi connectivity index (χ0) is 13.7. The molecular weight excluding hydrogens is 240 g/mol. The first-order valence-electron chi connectivity index (χ1n) is 7.04. The SMILES string of the molecule is CCC(N)C(c1sccc1C)N(CC)CC(C)C. The predicted octanol–water partition coefficient (Wildman–Crippen LogP) is 3.81. The van der Waals surface area contributed by atoms with Crippen LogP contribution in [0.15, 0.2) is 11.4 Å². The quantitative estimate of drug-likeness (QED) is 0.814. The average molecular weight is 268 g/mol. The van der Waals surface area contributed by atoms with Gasteiger partial charge in [-0.2, -0.15) is 0 Å². The highest BCUT2D eigenvalue weighted by molar-refractivity contribution is 7.10. The van der Waals surface area contributed by atoms with Crippen LogP contribution < -0.4 is 5.73 Å². The van der Waals surface area contributed by atoms with Crippen LogP contribution in [0, 0.1) is 12.8 Å². The minimum absolute atomic E-state index is 0.223. The highest BCUT2D eigenvalue weighted by Crippen LogP contribution is 2.32. The zero-order valence-electron chi connectivity index (χ0n) is 12.4. The number of hydrogen-bond donors (Lipinski definition) is 1. The number of aryl methyl sites for hydroxylation is 1. The number of nitrogens with two attached hydrogens (primary N) is 1. The molecule has 0 bridgehead atoms. The highest BCUT2D eigenvalue weighted by atomic mass is 32.1. The first kappa shape index (κ1) is 15.7. The van der Waals surface area contributed by atoms with Crippen LogP contribution in [0.25, 0.3) is 0 Å². The highest BCUT2D eigenvalue weighted by Gasteiger charge is 2.27. The topological polar surface area (TPSA) is 29.3 Å². The van der Waals surface area contributed by atoms with E-state index in [1.165, 1.54) is 10.4 Å². The van der Waals surface area contributed by atoms with Crippen molar-refractivity contribution in [2.24, 2.45) is 11.7 Å². The van der Waals surface area contributed by atoms with Crippen molar-refractivity contribution in [3.05, 3.63) is 21.9 Å². The summed E-state index contributed by atoms with van der Waals surface area (Å²) in [5, 5.41) is 2.18. The van der Waals surface area contributed by atoms with Crippen molar-refractivity contribution >= 4 is 11.3 Å². The lowest BCUT2D eigenvalue weighted by atomic mass is 9.99. The normalized spacial score (nSPS) is 15.3. The summed E-state index contributed by atoms with van der Waals surface area (Å²) in [5.41, 5.74) is 7.78. The first-order chi connectivity index (χ1) is 8.51. The van der Waals surface area contributed by atoms with Crippen molar-refractivity contribution in [2.75, 3.05) is 13.1 Å². The fourth-order valence-corrected chi connectivity index (χ4v) is 3.59. The van der Waals surface area contributed by atoms with E-state index in [4.69, 9.17) is 5.73 Å². The van der Waals surface area contributed by atoms with Crippen LogP contribution in [0.2, 0.25) is 0 Å². The van der Waals surface area contributed by atoms with Crippen molar-refractivity contribution in [2.45, 2.75) is 53.1 Å². The molecule has 0 amide bonds. The van der Waals surface area contributed by atoms with Crippen LogP contribution in [0.1, 0.15) is 50.6 Å². The molecule has 0 fully saturated rings. The first-order valence-corrected chi connectivity index (χ1v) is 7.92. The molecule has 3 heteroatoms. The van der Waals surface area contributed by atoms with Crippen molar-refractivity contribution in [3.8, 4) is 0 Å². The molecule has 1 aromatic heterocycles. The number of nitrogens with zero attached hydrogens (tertiary/aromatic N) is 1. The molecule has 0 aromatic carbocycles. The smallest absolute Gasteiger partial charge is 0.0596 e. The Morgan fingerprint density at radius 1 is 1.33 bits per heavy atom. The van der Waals surface area contributed by atoms with E-state index in [1.807, 2.05) is 11.3 Å². The van der Waals surface area contributed by atoms with Crippen LogP contribution in [0.3, 0.4) is 0 Å². The Hall–Kier alpha value is -0.380. The molecule has 0 spiro atoms. The summed E-state index contributed by atoms with van der Waals surface area (Å²) in [7, 11) is 0. The van der Waals surface area contributed by atoms with E-state index < -0.39 is 0 Å². The van der Waals surface area contributed by atoms with E-state index in [-0.39, 0.29) is 6.04 Å². The Balaban J connectivity index is 3.00. The van der Waals surface area contributed by atoms with Gasteiger partial charge in [-0.05, 0) is 42.8 Å². The van der Waals surface area contributed by atoms with Crippen LogP contribution >= 0.6 is 11.3 Å². The number of hydrogen-bond acceptors (Lipinski definition) is 3. The summed E-state index contributed by atoms with van der Waals surface area (Å²) >= 11 is 1.85. The second-order valence-electron chi connectivity index (χ2n) is 5.47. The summed E-state index contributed by atoms with van der Waals surface area (Å²) in [6.07, 6.45) is 1.02. The molecule has 18 heavy (non-hydrogen) atoms. The van der Waals surface area contributed by atoms with Gasteiger partial charge in [-0.15, -0.1) is 11.3 Å². The van der Waals surface area contributed by atoms with Gasteiger partial charge in [0.15, 0.2) is 0 Å². The van der Waals surface area contributed by atoms with E-state index in [2.05, 4.69) is 51.0 Å². The molecule has 2 nitrogen and oxygen atoms in total. The zero-order valence-corrected chi connectivity index (χ0v) is 13.3. The van der Waals surface area contributed by atoms with Gasteiger partial charge in [0.25, 0.3) is 0 Å². The van der Waals surface area contributed by atoms with Crippen LogP contribution in [-0.4, -0.2) is 24.0 Å². The minimum Gasteiger partial charge on any atom is -0.326 e. The second-order valence-corrected chi connectivity index (χ2v) is 6.41. The van der Waals surface area contributed by atoms with E-state index in [0.29, 0.717) is 12.0 Å². The standard InChI is InChI=1S/C15H28N2S/c1-6-13(16)14(15-12(5)8-9-18-15)17(7-2)10-11(3)4/h8-9,11,13-14H,6-7,10,16H2,1-5H3. The largest absolute Gasteiger partial charge is 0.326 e. The van der Waals surface area contributed by atoms with Crippen molar-refractivity contribution in [1.29, 1.82) is 0 Å². The lowest BCUT2D eigenvalue weighted by Gasteiger charge is -2.35. The predicted molar refractivity (Wildman–Crippen MR) is 82.1 cm³/mol. The molecule has 0 aliphatic heterocycles. The lowest BCUT2D eigenvalue weighted by molar-refractivity contribution is 0.161. The molecule has 1 heterocycles. The van der Waals surface area contributed by atoms with Gasteiger partial charge in [0.1, 0.15) is 0 Å². The Morgan fingerprint density at radius 3 is 2.39 bits per heavy atom. The molecule has 2 atom stereocenters. The number of rotatable bonds is 7. The number of likely N-dealkylation sites (N-methyl/N-ethyl adjacent to an activating group) is 1. The van der Waals surface area contributed by atoms with E-state index in [9.17, 15) is 0 Å². The van der Waals surface area contributed by atoms with E-state index in [1.54, 1.807) is 0 Å². The van der Waals surface area contributed by atoms with Gasteiger partial charge in [0.2, 0.25) is 0 Å². The monoisotopic (exact) mass is 268 g/mol. The van der Waals surface area contributed by atoms with Crippen molar-refractivity contribution in [1.82, 2.24) is 4.90 Å². The van der Waals surface area contributed by atoms with E-state index >= 15 is 0 Å². The maximum Gasteiger partial charge on any atom is 0.0596 e. The van der Waals surface area contributed by atoms with Gasteiger partial charge in [-0.25, -0.2) is 0 Å². The Morgan fingerprint density at radius 2 is 2.00 bits per heavy atom. The van der Waals surface area contributed by atoms with Crippen LogP contribution in [0.4, 0.5) is 0 Å². The third-order valence-electron chi connectivity index (χ3n) is 3.45. The molecule has 0 saturated carbocycles. The van der Waals surface area contributed by atoms with Gasteiger partial charge in [-0.1, -0.05) is 27.7 Å². The van der Waals surface area contributed by atoms with Crippen LogP contribution in [-0.2, 0) is 0 Å². The summed E-state index contributed by atoms with van der Waals surface area (Å²) < 4.78 is 0. The maximum atomic E-state index is 6.39. The minimum atomic E-state index is 0.223. The van der Waals surface area contributed by atoms with Crippen LogP contribution in [0.5, 0.6) is 0 Å². The van der Waals surface area contributed by atoms with Crippen molar-refractivity contribution in [3.63, 3.8) is 0 Å². The molecule has 2 unspecified atom stereocenters. The Bertz CT molecular complexity index is 346. The average Bonchev–Trinajstić information content (AvgIpc) is 2.74. The molecular formula is C15H28N2S. The molecule has 0 radical (unpaired) electrons. The summed E-state index contributed by atoms with van der Waals surface area (Å²) in [4.78, 5) is 3.99. The summed E-state index contributed by atoms with van der Waals surface area (Å²) in [5.74, 6) is 0.678. The summed E-state index contributed by atoms with van der Waals surface area (Å²) in [6, 6.07) is 2.81. The summed E-state index contributed by atoms with van der Waals surface area (Å²) in [6.45, 7) is 13.4. The lowest BCUT2D eigenvalue weighted by Crippen LogP contribution is -2.42. The third-order valence-corrected chi connectivity index (χ3v) is 4.54. The third kappa shape index (κ3) is 3.81. The van der Waals surface area contributed by atoms with Gasteiger partial charge in [0.05, 0.1) is 6.04 Å². The molecule has 0 saturated heterocycles. The fourth-order valence-electron chi connectivity index (χ4n) is 2.45. The van der Waals surface area contributed by atoms with Crippen molar-refractivity contribution < 1.29 is 0 Å². The Labute approximate surface area is 116 Å². The fraction of sp³-hybridized carbons (Fsp3) is 0.733. The number of thiophene rings is 1. The molecule has 2 N–H and O–H groups in total. The molecule has 0 aliphatic carbocycles. The molecule has 1 rings (SSSR count). The Kier molecular flexibility index (Phi) is 6.33. The second kappa shape index (κ2) is 7.27. The van der Waals surface area contributed by atoms with Gasteiger partial charge < -0.3 is 5.73 Å².